The van der Waals surface area contributed by atoms with Crippen molar-refractivity contribution in [2.75, 3.05) is 19.0 Å². The van der Waals surface area contributed by atoms with Crippen LogP contribution in [0.15, 0.2) is 54.6 Å². The van der Waals surface area contributed by atoms with Crippen molar-refractivity contribution < 1.29 is 24.5 Å². The van der Waals surface area contributed by atoms with Gasteiger partial charge in [0.15, 0.2) is 22.4 Å². The normalized spacial score (nSPS) is 10.4. The Morgan fingerprint density at radius 2 is 1.81 bits per heavy atom. The molecule has 0 atom stereocenters. The lowest BCUT2D eigenvalue weighted by Crippen LogP contribution is -2.33. The maximum absolute atomic E-state index is 12.2. The number of rotatable bonds is 8. The number of aryl methyl sites for hydroxylation is 1. The van der Waals surface area contributed by atoms with Crippen LogP contribution in [0.25, 0.3) is 10.4 Å². The van der Waals surface area contributed by atoms with E-state index in [1.54, 1.807) is 12.1 Å². The van der Waals surface area contributed by atoms with Crippen LogP contribution in [-0.4, -0.2) is 40.7 Å². The molecular formula is C23H22N2O5S2. The third-order valence-electron chi connectivity index (χ3n) is 4.60. The first-order valence-corrected chi connectivity index (χ1v) is 10.9. The van der Waals surface area contributed by atoms with Crippen molar-refractivity contribution in [1.29, 1.82) is 0 Å². The smallest absolute Gasteiger partial charge is 0.340 e. The van der Waals surface area contributed by atoms with E-state index < -0.39 is 5.97 Å². The molecular weight excluding hydrogens is 448 g/mol. The number of esters is 1. The number of Topliss-reactive ketones (excluding diaryl/α,β-unsaturated/α-hetero) is 1. The molecule has 3 rings (SSSR count). The molecule has 1 aromatic heterocycles. The molecule has 0 bridgehead atoms. The summed E-state index contributed by atoms with van der Waals surface area (Å²) in [5.74, 6) is -0.979. The van der Waals surface area contributed by atoms with Gasteiger partial charge in [0.05, 0.1) is 19.2 Å². The van der Waals surface area contributed by atoms with Gasteiger partial charge in [-0.25, -0.2) is 4.79 Å². The van der Waals surface area contributed by atoms with Gasteiger partial charge >= 0.3 is 5.97 Å². The maximum atomic E-state index is 12.2. The van der Waals surface area contributed by atoms with E-state index in [1.807, 2.05) is 30.3 Å². The summed E-state index contributed by atoms with van der Waals surface area (Å²) >= 11 is 6.65. The van der Waals surface area contributed by atoms with Gasteiger partial charge < -0.3 is 25.6 Å². The summed E-state index contributed by atoms with van der Waals surface area (Å²) in [6.45, 7) is 0.0143. The third-order valence-corrected chi connectivity index (χ3v) is 5.95. The van der Waals surface area contributed by atoms with Crippen LogP contribution in [-0.2, 0) is 16.0 Å². The summed E-state index contributed by atoms with van der Waals surface area (Å²) in [6.07, 6.45) is 0.663. The number of ketones is 1. The van der Waals surface area contributed by atoms with Crippen LogP contribution in [0.5, 0.6) is 11.5 Å². The molecule has 0 aliphatic heterocycles. The maximum Gasteiger partial charge on any atom is 0.340 e. The van der Waals surface area contributed by atoms with Gasteiger partial charge in [0.2, 0.25) is 0 Å². The van der Waals surface area contributed by atoms with Crippen LogP contribution in [0.1, 0.15) is 22.3 Å². The Hall–Kier alpha value is -3.43. The van der Waals surface area contributed by atoms with Crippen molar-refractivity contribution in [2.24, 2.45) is 0 Å². The molecule has 7 nitrogen and oxygen atoms in total. The van der Waals surface area contributed by atoms with E-state index in [9.17, 15) is 19.8 Å². The van der Waals surface area contributed by atoms with Gasteiger partial charge in [-0.2, -0.15) is 0 Å². The van der Waals surface area contributed by atoms with Crippen LogP contribution in [0.4, 0.5) is 5.00 Å². The number of carbonyl (C=O) groups excluding carboxylic acids is 2. The van der Waals surface area contributed by atoms with E-state index in [1.165, 1.54) is 30.6 Å². The molecule has 0 aliphatic carbocycles. The van der Waals surface area contributed by atoms with E-state index in [0.29, 0.717) is 17.0 Å². The van der Waals surface area contributed by atoms with Gasteiger partial charge in [-0.3, -0.25) is 4.79 Å². The number of nitrogens with one attached hydrogen (secondary N) is 2. The minimum Gasteiger partial charge on any atom is -0.504 e. The van der Waals surface area contributed by atoms with Crippen LogP contribution in [0, 0.1) is 0 Å². The van der Waals surface area contributed by atoms with E-state index in [0.717, 1.165) is 16.0 Å². The van der Waals surface area contributed by atoms with Crippen molar-refractivity contribution in [3.63, 3.8) is 0 Å². The molecule has 0 radical (unpaired) electrons. The summed E-state index contributed by atoms with van der Waals surface area (Å²) in [4.78, 5) is 25.3. The number of anilines is 1. The lowest BCUT2D eigenvalue weighted by molar-refractivity contribution is -0.118. The van der Waals surface area contributed by atoms with Crippen LogP contribution in [0.3, 0.4) is 0 Å². The van der Waals surface area contributed by atoms with E-state index in [2.05, 4.69) is 10.6 Å². The number of methoxy groups -OCH3 is 1. The van der Waals surface area contributed by atoms with E-state index >= 15 is 0 Å². The van der Waals surface area contributed by atoms with Crippen LogP contribution in [0.2, 0.25) is 0 Å². The highest BCUT2D eigenvalue weighted by Crippen LogP contribution is 2.35. The van der Waals surface area contributed by atoms with Crippen molar-refractivity contribution in [2.45, 2.75) is 12.8 Å². The minimum absolute atomic E-state index is 0.0143. The second-order valence-electron chi connectivity index (χ2n) is 6.88. The topological polar surface area (TPSA) is 108 Å². The monoisotopic (exact) mass is 470 g/mol. The molecule has 4 N–H and O–H groups in total. The number of thiocarbonyl (C=S) groups is 1. The van der Waals surface area contributed by atoms with Gasteiger partial charge in [0.25, 0.3) is 0 Å². The highest BCUT2D eigenvalue weighted by molar-refractivity contribution is 7.80. The number of hydrogen-bond donors (Lipinski definition) is 4. The highest BCUT2D eigenvalue weighted by Gasteiger charge is 2.18. The number of hydrogen-bond acceptors (Lipinski definition) is 7. The number of thiophene rings is 1. The Kier molecular flexibility index (Phi) is 7.80. The Bertz CT molecular complexity index is 1130. The number of benzene rings is 2. The lowest BCUT2D eigenvalue weighted by atomic mass is 10.1. The summed E-state index contributed by atoms with van der Waals surface area (Å²) in [6, 6.07) is 15.8. The fraction of sp³-hybridized carbons (Fsp3) is 0.174. The molecule has 2 aromatic carbocycles. The zero-order valence-electron chi connectivity index (χ0n) is 17.3. The molecule has 1 heterocycles. The number of ether oxygens (including phenoxy) is 1. The molecule has 0 amide bonds. The summed E-state index contributed by atoms with van der Waals surface area (Å²) in [7, 11) is 1.31. The molecule has 0 aliphatic rings. The zero-order chi connectivity index (χ0) is 23.1. The van der Waals surface area contributed by atoms with Gasteiger partial charge in [-0.15, -0.1) is 11.3 Å². The molecule has 9 heteroatoms. The Morgan fingerprint density at radius 3 is 2.50 bits per heavy atom. The van der Waals surface area contributed by atoms with Crippen molar-refractivity contribution in [3.8, 4) is 21.9 Å². The van der Waals surface area contributed by atoms with Gasteiger partial charge in [0.1, 0.15) is 5.00 Å². The second-order valence-corrected chi connectivity index (χ2v) is 8.34. The lowest BCUT2D eigenvalue weighted by Gasteiger charge is -2.10. The van der Waals surface area contributed by atoms with Gasteiger partial charge in [0, 0.05) is 11.3 Å². The molecule has 32 heavy (non-hydrogen) atoms. The molecule has 166 valence electrons. The van der Waals surface area contributed by atoms with Crippen LogP contribution >= 0.6 is 23.6 Å². The molecule has 0 spiro atoms. The molecule has 0 saturated heterocycles. The number of aromatic hydroxyl groups is 2. The van der Waals surface area contributed by atoms with Crippen molar-refractivity contribution in [1.82, 2.24) is 5.32 Å². The SMILES string of the molecule is COC(=O)c1cc(-c2ccccc2)sc1NC(=S)NCC(=O)CCc1ccc(O)c(O)c1. The predicted molar refractivity (Wildman–Crippen MR) is 128 cm³/mol. The summed E-state index contributed by atoms with van der Waals surface area (Å²) in [5, 5.41) is 25.5. The highest BCUT2D eigenvalue weighted by atomic mass is 32.1. The molecule has 0 fully saturated rings. The second kappa shape index (κ2) is 10.7. The average molecular weight is 471 g/mol. The van der Waals surface area contributed by atoms with Crippen molar-refractivity contribution in [3.05, 3.63) is 65.7 Å². The number of carbonyl (C=O) groups is 2. The quantitative estimate of drug-likeness (QED) is 0.221. The summed E-state index contributed by atoms with van der Waals surface area (Å²) < 4.78 is 4.87. The third kappa shape index (κ3) is 6.05. The summed E-state index contributed by atoms with van der Waals surface area (Å²) in [5.41, 5.74) is 2.06. The standard InChI is InChI=1S/C23H22N2O5S2/c1-30-22(29)17-12-20(15-5-3-2-4-6-15)32-21(17)25-23(31)24-13-16(26)9-7-14-8-10-18(27)19(28)11-14/h2-6,8,10-12,27-28H,7,9,13H2,1H3,(H2,24,25,31). The fourth-order valence-electron chi connectivity index (χ4n) is 2.91. The first kappa shape index (κ1) is 23.2. The first-order chi connectivity index (χ1) is 15.4. The number of phenolic OH excluding ortho intramolecular Hbond substituents is 2. The molecule has 0 unspecified atom stereocenters. The van der Waals surface area contributed by atoms with Gasteiger partial charge in [-0.05, 0) is 48.0 Å². The average Bonchev–Trinajstić information content (AvgIpc) is 3.22. The fourth-order valence-corrected chi connectivity index (χ4v) is 4.21. The molecule has 0 saturated carbocycles. The van der Waals surface area contributed by atoms with Crippen molar-refractivity contribution >= 4 is 45.4 Å². The Labute approximate surface area is 194 Å². The molecule has 3 aromatic rings. The zero-order valence-corrected chi connectivity index (χ0v) is 18.9. The number of phenols is 2. The van der Waals surface area contributed by atoms with Crippen LogP contribution < -0.4 is 10.6 Å². The Morgan fingerprint density at radius 1 is 1.06 bits per heavy atom. The van der Waals surface area contributed by atoms with E-state index in [4.69, 9.17) is 17.0 Å². The largest absolute Gasteiger partial charge is 0.504 e. The first-order valence-electron chi connectivity index (χ1n) is 9.72. The van der Waals surface area contributed by atoms with E-state index in [-0.39, 0.29) is 35.4 Å². The van der Waals surface area contributed by atoms with Gasteiger partial charge in [-0.1, -0.05) is 36.4 Å². The predicted octanol–water partition coefficient (Wildman–Crippen LogP) is 4.10. The Balaban J connectivity index is 1.57. The minimum atomic E-state index is -0.484.